The van der Waals surface area contributed by atoms with E-state index in [2.05, 4.69) is 21.5 Å². The van der Waals surface area contributed by atoms with Gasteiger partial charge in [-0.05, 0) is 57.0 Å². The second-order valence-electron chi connectivity index (χ2n) is 7.61. The van der Waals surface area contributed by atoms with Gasteiger partial charge in [0.15, 0.2) is 0 Å². The smallest absolute Gasteiger partial charge is 0.416 e. The number of ether oxygens (including phenoxy) is 2. The number of nitrogens with zero attached hydrogens (tertiary/aromatic N) is 5. The molecule has 1 amide bonds. The number of rotatable bonds is 7. The quantitative estimate of drug-likeness (QED) is 0.320. The van der Waals surface area contributed by atoms with Crippen LogP contribution in [0, 0.1) is 6.92 Å². The van der Waals surface area contributed by atoms with Gasteiger partial charge in [0.2, 0.25) is 0 Å². The largest absolute Gasteiger partial charge is 0.443 e. The second-order valence-corrected chi connectivity index (χ2v) is 7.61. The zero-order chi connectivity index (χ0) is 22.3. The molecule has 160 valence electrons. The Hall–Kier alpha value is -3.46. The van der Waals surface area contributed by atoms with Crippen molar-refractivity contribution >= 4 is 12.4 Å². The van der Waals surface area contributed by atoms with E-state index in [9.17, 15) is 4.79 Å². The molecule has 0 aliphatic rings. The molecule has 0 unspecified atom stereocenters. The first-order chi connectivity index (χ1) is 14.0. The molecule has 1 heterocycles. The Morgan fingerprint density at radius 3 is 2.57 bits per heavy atom. The molecule has 0 atom stereocenters. The lowest BCUT2D eigenvalue weighted by molar-refractivity contribution is 0.0299. The zero-order valence-electron chi connectivity index (χ0n) is 18.0. The average Bonchev–Trinajstić information content (AvgIpc) is 2.65. The molecule has 0 bridgehead atoms. The van der Waals surface area contributed by atoms with Crippen LogP contribution in [0.5, 0.6) is 11.8 Å². The number of amides is 1. The SMILES string of the molecule is C=C(N=CN(C)N)N(Cc1cc(Oc2ncccn2)ccc1C)C(=O)OC(C)(C)C. The fourth-order valence-corrected chi connectivity index (χ4v) is 2.30. The molecule has 0 aliphatic carbocycles. The van der Waals surface area contributed by atoms with Gasteiger partial charge in [0, 0.05) is 19.4 Å². The van der Waals surface area contributed by atoms with Gasteiger partial charge >= 0.3 is 12.1 Å². The predicted molar refractivity (Wildman–Crippen MR) is 115 cm³/mol. The molecule has 30 heavy (non-hydrogen) atoms. The topological polar surface area (TPSA) is 106 Å². The van der Waals surface area contributed by atoms with E-state index in [1.807, 2.05) is 25.1 Å². The lowest BCUT2D eigenvalue weighted by atomic mass is 10.1. The molecule has 0 fully saturated rings. The predicted octanol–water partition coefficient (Wildman–Crippen LogP) is 3.62. The van der Waals surface area contributed by atoms with Crippen LogP contribution in [0.2, 0.25) is 0 Å². The summed E-state index contributed by atoms with van der Waals surface area (Å²) in [5.41, 5.74) is 1.11. The number of carbonyl (C=O) groups excluding carboxylic acids is 1. The minimum Gasteiger partial charge on any atom is -0.443 e. The van der Waals surface area contributed by atoms with Crippen molar-refractivity contribution in [1.29, 1.82) is 0 Å². The Bertz CT molecular complexity index is 907. The van der Waals surface area contributed by atoms with E-state index in [0.717, 1.165) is 11.1 Å². The summed E-state index contributed by atoms with van der Waals surface area (Å²) in [6.45, 7) is 11.4. The molecular weight excluding hydrogens is 384 g/mol. The third kappa shape index (κ3) is 7.17. The van der Waals surface area contributed by atoms with Crippen molar-refractivity contribution in [2.75, 3.05) is 7.05 Å². The first kappa shape index (κ1) is 22.8. The molecule has 2 N–H and O–H groups in total. The van der Waals surface area contributed by atoms with E-state index < -0.39 is 11.7 Å². The van der Waals surface area contributed by atoms with Gasteiger partial charge in [0.1, 0.15) is 23.5 Å². The zero-order valence-corrected chi connectivity index (χ0v) is 18.0. The van der Waals surface area contributed by atoms with Gasteiger partial charge in [-0.1, -0.05) is 12.6 Å². The van der Waals surface area contributed by atoms with Gasteiger partial charge in [0.05, 0.1) is 6.54 Å². The first-order valence-electron chi connectivity index (χ1n) is 9.30. The van der Waals surface area contributed by atoms with Gasteiger partial charge < -0.3 is 14.5 Å². The van der Waals surface area contributed by atoms with Crippen molar-refractivity contribution in [1.82, 2.24) is 19.9 Å². The van der Waals surface area contributed by atoms with Crippen LogP contribution in [0.4, 0.5) is 4.79 Å². The Morgan fingerprint density at radius 2 is 1.97 bits per heavy atom. The minimum atomic E-state index is -0.672. The fourth-order valence-electron chi connectivity index (χ4n) is 2.30. The van der Waals surface area contributed by atoms with Crippen LogP contribution in [0.1, 0.15) is 31.9 Å². The van der Waals surface area contributed by atoms with Crippen molar-refractivity contribution < 1.29 is 14.3 Å². The molecule has 1 aromatic heterocycles. The highest BCUT2D eigenvalue weighted by Gasteiger charge is 2.25. The first-order valence-corrected chi connectivity index (χ1v) is 9.30. The average molecular weight is 412 g/mol. The summed E-state index contributed by atoms with van der Waals surface area (Å²) in [5, 5.41) is 1.26. The maximum Gasteiger partial charge on any atom is 0.416 e. The van der Waals surface area contributed by atoms with Gasteiger partial charge in [-0.15, -0.1) is 0 Å². The summed E-state index contributed by atoms with van der Waals surface area (Å²) in [7, 11) is 1.62. The van der Waals surface area contributed by atoms with E-state index in [-0.39, 0.29) is 18.4 Å². The molecule has 0 aliphatic heterocycles. The van der Waals surface area contributed by atoms with Gasteiger partial charge in [-0.25, -0.2) is 25.6 Å². The van der Waals surface area contributed by atoms with Crippen LogP contribution >= 0.6 is 0 Å². The van der Waals surface area contributed by atoms with Crippen LogP contribution < -0.4 is 10.6 Å². The highest BCUT2D eigenvalue weighted by atomic mass is 16.6. The number of benzene rings is 1. The van der Waals surface area contributed by atoms with Crippen molar-refractivity contribution in [3.05, 3.63) is 60.2 Å². The van der Waals surface area contributed by atoms with Crippen molar-refractivity contribution in [2.24, 2.45) is 10.8 Å². The van der Waals surface area contributed by atoms with Gasteiger partial charge in [0.25, 0.3) is 0 Å². The number of hydrogen-bond acceptors (Lipinski definition) is 7. The molecule has 9 nitrogen and oxygen atoms in total. The van der Waals surface area contributed by atoms with Crippen LogP contribution in [0.3, 0.4) is 0 Å². The number of nitrogens with two attached hydrogens (primary N) is 1. The van der Waals surface area contributed by atoms with Crippen LogP contribution in [0.25, 0.3) is 0 Å². The Morgan fingerprint density at radius 1 is 1.30 bits per heavy atom. The lowest BCUT2D eigenvalue weighted by Crippen LogP contribution is -2.36. The molecule has 0 radical (unpaired) electrons. The number of aliphatic imine (C=N–C) groups is 1. The minimum absolute atomic E-state index is 0.179. The number of hydrazine groups is 1. The van der Waals surface area contributed by atoms with Crippen LogP contribution in [-0.2, 0) is 11.3 Å². The van der Waals surface area contributed by atoms with Crippen molar-refractivity contribution in [3.63, 3.8) is 0 Å². The van der Waals surface area contributed by atoms with E-state index in [4.69, 9.17) is 15.3 Å². The molecular formula is C21H28N6O3. The third-order valence-electron chi connectivity index (χ3n) is 3.71. The molecule has 9 heteroatoms. The number of hydrogen-bond donors (Lipinski definition) is 1. The number of carbonyl (C=O) groups is 1. The van der Waals surface area contributed by atoms with Gasteiger partial charge in [-0.2, -0.15) is 0 Å². The summed E-state index contributed by atoms with van der Waals surface area (Å²) >= 11 is 0. The maximum absolute atomic E-state index is 12.8. The normalized spacial score (nSPS) is 11.3. The van der Waals surface area contributed by atoms with Crippen LogP contribution in [0.15, 0.2) is 54.1 Å². The monoisotopic (exact) mass is 412 g/mol. The summed E-state index contributed by atoms with van der Waals surface area (Å²) in [6, 6.07) is 7.45. The van der Waals surface area contributed by atoms with E-state index in [1.54, 1.807) is 46.3 Å². The molecule has 2 rings (SSSR count). The number of aryl methyl sites for hydroxylation is 1. The lowest BCUT2D eigenvalue weighted by Gasteiger charge is -2.27. The second kappa shape index (κ2) is 9.84. The van der Waals surface area contributed by atoms with E-state index >= 15 is 0 Å². The fraction of sp³-hybridized carbons (Fsp3) is 0.333. The van der Waals surface area contributed by atoms with Crippen molar-refractivity contribution in [2.45, 2.75) is 39.8 Å². The maximum atomic E-state index is 12.8. The van der Waals surface area contributed by atoms with Gasteiger partial charge in [-0.3, -0.25) is 4.90 Å². The summed E-state index contributed by atoms with van der Waals surface area (Å²) in [5.74, 6) is 6.30. The molecule has 1 aromatic carbocycles. The Kier molecular flexibility index (Phi) is 7.48. The third-order valence-corrected chi connectivity index (χ3v) is 3.71. The van der Waals surface area contributed by atoms with E-state index in [0.29, 0.717) is 5.75 Å². The molecule has 2 aromatic rings. The number of aromatic nitrogens is 2. The molecule has 0 spiro atoms. The van der Waals surface area contributed by atoms with Crippen molar-refractivity contribution in [3.8, 4) is 11.8 Å². The Labute approximate surface area is 176 Å². The Balaban J connectivity index is 2.30. The molecule has 0 saturated heterocycles. The summed E-state index contributed by atoms with van der Waals surface area (Å²) in [4.78, 5) is 26.4. The standard InChI is InChI=1S/C21H28N6O3/c1-15-8-9-18(29-19-23-10-7-11-24-19)12-17(15)13-27(16(2)25-14-26(6)22)20(28)30-21(3,4)5/h7-12,14H,2,13,22H2,1,3-6H3. The highest BCUT2D eigenvalue weighted by molar-refractivity contribution is 5.71. The summed E-state index contributed by atoms with van der Waals surface area (Å²) in [6.07, 6.45) is 3.98. The highest BCUT2D eigenvalue weighted by Crippen LogP contribution is 2.24. The summed E-state index contributed by atoms with van der Waals surface area (Å²) < 4.78 is 11.2. The molecule has 0 saturated carbocycles. The van der Waals surface area contributed by atoms with E-state index in [1.165, 1.54) is 16.2 Å². The van der Waals surface area contributed by atoms with Crippen LogP contribution in [-0.4, -0.2) is 45.0 Å².